The molecule has 2 nitrogen and oxygen atoms in total. The highest BCUT2D eigenvalue weighted by Crippen LogP contribution is 2.33. The third-order valence-electron chi connectivity index (χ3n) is 3.30. The molecule has 1 unspecified atom stereocenters. The number of hydrogen-bond donors (Lipinski definition) is 1. The van der Waals surface area contributed by atoms with Crippen molar-refractivity contribution in [3.05, 3.63) is 30.1 Å². The van der Waals surface area contributed by atoms with Crippen LogP contribution in [0.15, 0.2) is 24.3 Å². The predicted molar refractivity (Wildman–Crippen MR) is 65.2 cm³/mol. The molecule has 88 valence electrons. The molecule has 0 bridgehead atoms. The third kappa shape index (κ3) is 2.53. The Morgan fingerprint density at radius 1 is 1.44 bits per heavy atom. The lowest BCUT2D eigenvalue weighted by Gasteiger charge is -2.25. The maximum Gasteiger partial charge on any atom is 0.146 e. The molecule has 1 aromatic rings. The van der Waals surface area contributed by atoms with E-state index in [1.165, 1.54) is 18.9 Å². The Morgan fingerprint density at radius 3 is 2.69 bits per heavy atom. The molecule has 1 atom stereocenters. The highest BCUT2D eigenvalue weighted by atomic mass is 19.1. The van der Waals surface area contributed by atoms with E-state index in [2.05, 4.69) is 5.32 Å². The molecule has 0 heterocycles. The molecular formula is C13H19FN2. The molecule has 0 aliphatic heterocycles. The van der Waals surface area contributed by atoms with Gasteiger partial charge in [-0.1, -0.05) is 12.1 Å². The first-order valence-electron chi connectivity index (χ1n) is 5.85. The highest BCUT2D eigenvalue weighted by Gasteiger charge is 2.30. The Hall–Kier alpha value is -1.09. The van der Waals surface area contributed by atoms with Gasteiger partial charge >= 0.3 is 0 Å². The van der Waals surface area contributed by atoms with Crippen LogP contribution in [-0.4, -0.2) is 26.7 Å². The maximum atomic E-state index is 13.5. The lowest BCUT2D eigenvalue weighted by Crippen LogP contribution is -2.39. The molecule has 1 N–H and O–H groups in total. The van der Waals surface area contributed by atoms with E-state index in [9.17, 15) is 4.39 Å². The van der Waals surface area contributed by atoms with Gasteiger partial charge in [0.05, 0.1) is 5.69 Å². The fourth-order valence-electron chi connectivity index (χ4n) is 2.13. The molecule has 1 aliphatic carbocycles. The highest BCUT2D eigenvalue weighted by molar-refractivity contribution is 5.46. The van der Waals surface area contributed by atoms with Crippen LogP contribution in [0.25, 0.3) is 0 Å². The summed E-state index contributed by atoms with van der Waals surface area (Å²) in [5, 5.41) is 3.32. The van der Waals surface area contributed by atoms with Crippen molar-refractivity contribution in [3.8, 4) is 0 Å². The van der Waals surface area contributed by atoms with E-state index < -0.39 is 0 Å². The van der Waals surface area contributed by atoms with Crippen molar-refractivity contribution < 1.29 is 4.39 Å². The fraction of sp³-hybridized carbons (Fsp3) is 0.538. The predicted octanol–water partition coefficient (Wildman–Crippen LogP) is 2.26. The standard InChI is InChI=1S/C13H19FN2/c1-15-12(10-7-8-10)9-16(2)13-6-4-3-5-11(13)14/h3-6,10,12,15H,7-9H2,1-2H3. The van der Waals surface area contributed by atoms with E-state index >= 15 is 0 Å². The SMILES string of the molecule is CNC(CN(C)c1ccccc1F)C1CC1. The van der Waals surface area contributed by atoms with Gasteiger partial charge in [-0.25, -0.2) is 4.39 Å². The summed E-state index contributed by atoms with van der Waals surface area (Å²) in [6.07, 6.45) is 2.60. The number of para-hydroxylation sites is 1. The zero-order valence-electron chi connectivity index (χ0n) is 9.91. The summed E-state index contributed by atoms with van der Waals surface area (Å²) < 4.78 is 13.5. The number of benzene rings is 1. The average molecular weight is 222 g/mol. The summed E-state index contributed by atoms with van der Waals surface area (Å²) in [6, 6.07) is 7.42. The normalized spacial score (nSPS) is 17.2. The summed E-state index contributed by atoms with van der Waals surface area (Å²) in [5.41, 5.74) is 0.684. The summed E-state index contributed by atoms with van der Waals surface area (Å²) in [6.45, 7) is 0.863. The lowest BCUT2D eigenvalue weighted by molar-refractivity contribution is 0.499. The van der Waals surface area contributed by atoms with Gasteiger partial charge < -0.3 is 10.2 Å². The number of rotatable bonds is 5. The molecular weight excluding hydrogens is 203 g/mol. The first-order valence-corrected chi connectivity index (χ1v) is 5.85. The summed E-state index contributed by atoms with van der Waals surface area (Å²) in [5.74, 6) is 0.634. The van der Waals surface area contributed by atoms with Gasteiger partial charge in [-0.15, -0.1) is 0 Å². The monoisotopic (exact) mass is 222 g/mol. The zero-order chi connectivity index (χ0) is 11.5. The fourth-order valence-corrected chi connectivity index (χ4v) is 2.13. The molecule has 0 spiro atoms. The van der Waals surface area contributed by atoms with Gasteiger partial charge in [0.25, 0.3) is 0 Å². The maximum absolute atomic E-state index is 13.5. The Labute approximate surface area is 96.5 Å². The van der Waals surface area contributed by atoms with Crippen molar-refractivity contribution in [1.29, 1.82) is 0 Å². The molecule has 0 amide bonds. The van der Waals surface area contributed by atoms with Crippen LogP contribution < -0.4 is 10.2 Å². The van der Waals surface area contributed by atoms with Crippen molar-refractivity contribution >= 4 is 5.69 Å². The summed E-state index contributed by atoms with van der Waals surface area (Å²) >= 11 is 0. The molecule has 2 rings (SSSR count). The van der Waals surface area contributed by atoms with Crippen molar-refractivity contribution in [2.45, 2.75) is 18.9 Å². The number of likely N-dealkylation sites (N-methyl/N-ethyl adjacent to an activating group) is 2. The third-order valence-corrected chi connectivity index (χ3v) is 3.30. The van der Waals surface area contributed by atoms with E-state index in [-0.39, 0.29) is 5.82 Å². The largest absolute Gasteiger partial charge is 0.371 e. The number of nitrogens with zero attached hydrogens (tertiary/aromatic N) is 1. The average Bonchev–Trinajstić information content (AvgIpc) is 3.10. The van der Waals surface area contributed by atoms with E-state index in [4.69, 9.17) is 0 Å². The molecule has 1 saturated carbocycles. The first-order chi connectivity index (χ1) is 7.72. The molecule has 0 saturated heterocycles. The van der Waals surface area contributed by atoms with E-state index in [0.717, 1.165) is 12.5 Å². The second kappa shape index (κ2) is 4.83. The summed E-state index contributed by atoms with van der Waals surface area (Å²) in [4.78, 5) is 1.99. The van der Waals surface area contributed by atoms with Crippen molar-refractivity contribution in [2.75, 3.05) is 25.5 Å². The molecule has 1 aliphatic rings. The van der Waals surface area contributed by atoms with Gasteiger partial charge in [-0.3, -0.25) is 0 Å². The van der Waals surface area contributed by atoms with Crippen LogP contribution in [0.1, 0.15) is 12.8 Å². The Bertz CT molecular complexity index is 350. The molecule has 0 radical (unpaired) electrons. The van der Waals surface area contributed by atoms with Crippen molar-refractivity contribution in [1.82, 2.24) is 5.32 Å². The van der Waals surface area contributed by atoms with Crippen LogP contribution in [0, 0.1) is 11.7 Å². The minimum Gasteiger partial charge on any atom is -0.371 e. The molecule has 16 heavy (non-hydrogen) atoms. The Kier molecular flexibility index (Phi) is 3.44. The van der Waals surface area contributed by atoms with Gasteiger partial charge in [-0.2, -0.15) is 0 Å². The molecule has 1 fully saturated rings. The van der Waals surface area contributed by atoms with Gasteiger partial charge in [-0.05, 0) is 37.9 Å². The van der Waals surface area contributed by atoms with E-state index in [1.807, 2.05) is 31.1 Å². The molecule has 1 aromatic carbocycles. The first kappa shape index (κ1) is 11.4. The lowest BCUT2D eigenvalue weighted by atomic mass is 10.1. The van der Waals surface area contributed by atoms with Crippen molar-refractivity contribution in [2.24, 2.45) is 5.92 Å². The number of hydrogen-bond acceptors (Lipinski definition) is 2. The van der Waals surface area contributed by atoms with Crippen LogP contribution in [0.5, 0.6) is 0 Å². The van der Waals surface area contributed by atoms with E-state index in [1.54, 1.807) is 6.07 Å². The van der Waals surface area contributed by atoms with Crippen LogP contribution in [0.2, 0.25) is 0 Å². The summed E-state index contributed by atoms with van der Waals surface area (Å²) in [7, 11) is 3.93. The molecule has 0 aromatic heterocycles. The quantitative estimate of drug-likeness (QED) is 0.822. The number of nitrogens with one attached hydrogen (secondary N) is 1. The van der Waals surface area contributed by atoms with Gasteiger partial charge in [0, 0.05) is 19.6 Å². The van der Waals surface area contributed by atoms with Crippen LogP contribution in [0.3, 0.4) is 0 Å². The minimum atomic E-state index is -0.143. The number of halogens is 1. The van der Waals surface area contributed by atoms with Crippen LogP contribution in [-0.2, 0) is 0 Å². The number of anilines is 1. The van der Waals surface area contributed by atoms with Crippen LogP contribution in [0.4, 0.5) is 10.1 Å². The Morgan fingerprint density at radius 2 is 2.12 bits per heavy atom. The van der Waals surface area contributed by atoms with Gasteiger partial charge in [0.15, 0.2) is 0 Å². The minimum absolute atomic E-state index is 0.143. The van der Waals surface area contributed by atoms with E-state index in [0.29, 0.717) is 11.7 Å². The smallest absolute Gasteiger partial charge is 0.146 e. The van der Waals surface area contributed by atoms with Gasteiger partial charge in [0.2, 0.25) is 0 Å². The van der Waals surface area contributed by atoms with Crippen LogP contribution >= 0.6 is 0 Å². The molecule has 3 heteroatoms. The van der Waals surface area contributed by atoms with Crippen molar-refractivity contribution in [3.63, 3.8) is 0 Å². The Balaban J connectivity index is 2.01. The second-order valence-corrected chi connectivity index (χ2v) is 4.56. The zero-order valence-corrected chi connectivity index (χ0v) is 9.91. The second-order valence-electron chi connectivity index (χ2n) is 4.56. The topological polar surface area (TPSA) is 15.3 Å². The van der Waals surface area contributed by atoms with Gasteiger partial charge in [0.1, 0.15) is 5.82 Å².